The minimum atomic E-state index is -4.89. The molecule has 174 valence electrons. The highest BCUT2D eigenvalue weighted by molar-refractivity contribution is 5.69. The lowest BCUT2D eigenvalue weighted by Crippen LogP contribution is -2.43. The lowest BCUT2D eigenvalue weighted by molar-refractivity contribution is -0.274. The molecule has 1 spiro atoms. The third-order valence-electron chi connectivity index (χ3n) is 5.21. The van der Waals surface area contributed by atoms with E-state index in [1.165, 1.54) is 6.20 Å². The summed E-state index contributed by atoms with van der Waals surface area (Å²) in [5.41, 5.74) is 5.59. The highest BCUT2D eigenvalue weighted by atomic mass is 19.4. The summed E-state index contributed by atoms with van der Waals surface area (Å²) in [5.74, 6) is -0.970. The maximum atomic E-state index is 12.7. The van der Waals surface area contributed by atoms with Crippen molar-refractivity contribution in [2.75, 3.05) is 25.4 Å². The Hall–Kier alpha value is -3.02. The summed E-state index contributed by atoms with van der Waals surface area (Å²) in [6, 6.07) is 2.89. The lowest BCUT2D eigenvalue weighted by Gasteiger charge is -2.34. The molecule has 1 fully saturated rings. The zero-order chi connectivity index (χ0) is 23.3. The number of anilines is 1. The van der Waals surface area contributed by atoms with Crippen molar-refractivity contribution in [2.45, 2.75) is 51.3 Å². The van der Waals surface area contributed by atoms with Gasteiger partial charge in [-0.3, -0.25) is 4.68 Å². The van der Waals surface area contributed by atoms with Crippen molar-refractivity contribution in [1.82, 2.24) is 19.7 Å². The Morgan fingerprint density at radius 1 is 1.25 bits per heavy atom. The minimum absolute atomic E-state index is 0.287. The number of likely N-dealkylation sites (tertiary alicyclic amines) is 1. The molecular formula is C20H24F3N5O4. The molecule has 2 aliphatic rings. The van der Waals surface area contributed by atoms with Gasteiger partial charge in [0.05, 0.1) is 31.1 Å². The third kappa shape index (κ3) is 4.45. The zero-order valence-corrected chi connectivity index (χ0v) is 17.9. The summed E-state index contributed by atoms with van der Waals surface area (Å²) in [7, 11) is 0. The van der Waals surface area contributed by atoms with E-state index < -0.39 is 29.4 Å². The molecule has 1 amide bonds. The molecule has 0 saturated carbocycles. The van der Waals surface area contributed by atoms with Crippen LogP contribution in [0.4, 0.5) is 23.8 Å². The van der Waals surface area contributed by atoms with Crippen LogP contribution in [-0.4, -0.2) is 57.4 Å². The number of amides is 1. The van der Waals surface area contributed by atoms with E-state index in [0.29, 0.717) is 37.4 Å². The summed E-state index contributed by atoms with van der Waals surface area (Å²) in [6.07, 6.45) is -3.44. The Labute approximate surface area is 182 Å². The van der Waals surface area contributed by atoms with Gasteiger partial charge in [-0.05, 0) is 32.9 Å². The molecule has 0 aromatic carbocycles. The number of carbonyl (C=O) groups excluding carboxylic acids is 1. The van der Waals surface area contributed by atoms with E-state index in [0.717, 1.165) is 11.8 Å². The molecular weight excluding hydrogens is 431 g/mol. The number of rotatable bonds is 2. The molecule has 9 nitrogen and oxygen atoms in total. The Morgan fingerprint density at radius 2 is 2.00 bits per heavy atom. The van der Waals surface area contributed by atoms with Crippen LogP contribution in [0.3, 0.4) is 0 Å². The molecule has 0 radical (unpaired) electrons. The first kappa shape index (κ1) is 22.2. The van der Waals surface area contributed by atoms with Gasteiger partial charge in [-0.15, -0.1) is 13.2 Å². The van der Waals surface area contributed by atoms with Gasteiger partial charge in [-0.25, -0.2) is 9.78 Å². The van der Waals surface area contributed by atoms with Gasteiger partial charge in [0, 0.05) is 24.7 Å². The molecule has 0 aliphatic carbocycles. The number of nitrogens with zero attached hydrogens (tertiary/aromatic N) is 4. The average Bonchev–Trinajstić information content (AvgIpc) is 3.27. The monoisotopic (exact) mass is 455 g/mol. The topological polar surface area (TPSA) is 105 Å². The second kappa shape index (κ2) is 7.54. The number of nitrogen functional groups attached to an aromatic ring is 1. The smallest absolute Gasteiger partial charge is 0.444 e. The summed E-state index contributed by atoms with van der Waals surface area (Å²) in [5, 5.41) is 4.52. The van der Waals surface area contributed by atoms with Crippen LogP contribution in [0.25, 0.3) is 11.3 Å². The molecule has 2 aliphatic heterocycles. The van der Waals surface area contributed by atoms with Crippen LogP contribution >= 0.6 is 0 Å². The Kier molecular flexibility index (Phi) is 5.23. The number of ether oxygens (including phenoxy) is 3. The van der Waals surface area contributed by atoms with Crippen LogP contribution in [-0.2, 0) is 21.6 Å². The van der Waals surface area contributed by atoms with E-state index in [9.17, 15) is 18.0 Å². The maximum Gasteiger partial charge on any atom is 0.573 e. The van der Waals surface area contributed by atoms with E-state index >= 15 is 0 Å². The van der Waals surface area contributed by atoms with Crippen LogP contribution in [0, 0.1) is 0 Å². The highest BCUT2D eigenvalue weighted by Crippen LogP contribution is 2.41. The third-order valence-corrected chi connectivity index (χ3v) is 5.21. The van der Waals surface area contributed by atoms with E-state index in [4.69, 9.17) is 15.2 Å². The Morgan fingerprint density at radius 3 is 2.69 bits per heavy atom. The van der Waals surface area contributed by atoms with E-state index in [-0.39, 0.29) is 12.4 Å². The first-order chi connectivity index (χ1) is 14.9. The zero-order valence-electron chi connectivity index (χ0n) is 17.9. The lowest BCUT2D eigenvalue weighted by atomic mass is 9.96. The van der Waals surface area contributed by atoms with E-state index in [2.05, 4.69) is 14.8 Å². The van der Waals surface area contributed by atoms with Crippen LogP contribution in [0.2, 0.25) is 0 Å². The van der Waals surface area contributed by atoms with Crippen molar-refractivity contribution in [3.05, 3.63) is 24.0 Å². The van der Waals surface area contributed by atoms with Gasteiger partial charge >= 0.3 is 12.5 Å². The van der Waals surface area contributed by atoms with Gasteiger partial charge in [0.1, 0.15) is 11.2 Å². The van der Waals surface area contributed by atoms with Gasteiger partial charge in [-0.1, -0.05) is 0 Å². The summed E-state index contributed by atoms with van der Waals surface area (Å²) >= 11 is 0. The van der Waals surface area contributed by atoms with E-state index in [1.54, 1.807) is 36.4 Å². The number of hydrogen-bond donors (Lipinski definition) is 1. The van der Waals surface area contributed by atoms with Gasteiger partial charge in [0.2, 0.25) is 0 Å². The summed E-state index contributed by atoms with van der Waals surface area (Å²) in [6.45, 7) is 6.99. The second-order valence-electron chi connectivity index (χ2n) is 8.79. The van der Waals surface area contributed by atoms with Gasteiger partial charge in [-0.2, -0.15) is 5.10 Å². The molecule has 2 N–H and O–H groups in total. The van der Waals surface area contributed by atoms with Gasteiger partial charge in [0.15, 0.2) is 11.6 Å². The van der Waals surface area contributed by atoms with Crippen molar-refractivity contribution in [2.24, 2.45) is 0 Å². The molecule has 2 aromatic rings. The van der Waals surface area contributed by atoms with Gasteiger partial charge < -0.3 is 24.8 Å². The first-order valence-corrected chi connectivity index (χ1v) is 10.1. The highest BCUT2D eigenvalue weighted by Gasteiger charge is 2.47. The molecule has 1 atom stereocenters. The molecule has 32 heavy (non-hydrogen) atoms. The fraction of sp³-hybridized carbons (Fsp3) is 0.550. The Bertz CT molecular complexity index is 1030. The summed E-state index contributed by atoms with van der Waals surface area (Å²) in [4.78, 5) is 17.9. The van der Waals surface area contributed by atoms with Crippen molar-refractivity contribution in [3.63, 3.8) is 0 Å². The van der Waals surface area contributed by atoms with Crippen LogP contribution in [0.1, 0.15) is 32.9 Å². The number of pyridine rings is 1. The van der Waals surface area contributed by atoms with Crippen LogP contribution in [0.15, 0.2) is 18.3 Å². The quantitative estimate of drug-likeness (QED) is 0.741. The molecule has 4 heterocycles. The molecule has 1 saturated heterocycles. The predicted octanol–water partition coefficient (Wildman–Crippen LogP) is 3.29. The van der Waals surface area contributed by atoms with Crippen molar-refractivity contribution >= 4 is 11.9 Å². The Balaban J connectivity index is 1.61. The maximum absolute atomic E-state index is 12.7. The normalized spacial score (nSPS) is 21.0. The number of halogens is 3. The molecule has 0 bridgehead atoms. The minimum Gasteiger partial charge on any atom is -0.444 e. The van der Waals surface area contributed by atoms with Crippen molar-refractivity contribution in [1.29, 1.82) is 0 Å². The van der Waals surface area contributed by atoms with E-state index in [1.807, 2.05) is 0 Å². The molecule has 2 aromatic heterocycles. The number of alkyl halides is 3. The first-order valence-electron chi connectivity index (χ1n) is 10.1. The number of fused-ring (bicyclic) bond motifs is 2. The van der Waals surface area contributed by atoms with Crippen molar-refractivity contribution < 1.29 is 32.2 Å². The molecule has 12 heteroatoms. The number of aromatic nitrogens is 3. The van der Waals surface area contributed by atoms with Crippen LogP contribution in [0.5, 0.6) is 5.75 Å². The fourth-order valence-electron chi connectivity index (χ4n) is 3.89. The molecule has 4 rings (SSSR count). The predicted molar refractivity (Wildman–Crippen MR) is 107 cm³/mol. The number of carbonyl (C=O) groups is 1. The molecule has 1 unspecified atom stereocenters. The van der Waals surface area contributed by atoms with Crippen molar-refractivity contribution in [3.8, 4) is 17.0 Å². The van der Waals surface area contributed by atoms with Crippen LogP contribution < -0.4 is 10.5 Å². The average molecular weight is 455 g/mol. The second-order valence-corrected chi connectivity index (χ2v) is 8.79. The van der Waals surface area contributed by atoms with Gasteiger partial charge in [0.25, 0.3) is 0 Å². The SMILES string of the molecule is CC(C)(C)OC(=O)N1CCC2(C1)OCCn1nc(-c3cnc(N)c(OC(F)(F)F)c3)cc12. The summed E-state index contributed by atoms with van der Waals surface area (Å²) < 4.78 is 55.3. The largest absolute Gasteiger partial charge is 0.573 e. The standard InChI is InChI=1S/C20H24F3N5O4/c1-18(2,3)32-17(29)27-5-4-19(11-27)15-9-13(26-28(15)6-7-30-19)12-8-14(16(24)25-10-12)31-20(21,22)23/h8-10H,4-7,11H2,1-3H3,(H2,24,25). The fourth-order valence-corrected chi connectivity index (χ4v) is 3.89. The number of nitrogens with two attached hydrogens (primary N) is 1. The number of hydrogen-bond acceptors (Lipinski definition) is 7.